The van der Waals surface area contributed by atoms with Gasteiger partial charge in [0.2, 0.25) is 5.82 Å². The van der Waals surface area contributed by atoms with Crippen LogP contribution in [-0.2, 0) is 13.0 Å². The molecule has 142 valence electrons. The van der Waals surface area contributed by atoms with Crippen molar-refractivity contribution in [3.05, 3.63) is 77.1 Å². The SMILES string of the molecule is CCCCc1cnc(-c2ccc(COc3ccc(C#N)c(F)c3F)cc2)nc1. The molecule has 0 aliphatic rings. The molecule has 0 atom stereocenters. The van der Waals surface area contributed by atoms with Gasteiger partial charge in [-0.1, -0.05) is 37.6 Å². The number of rotatable bonds is 7. The Morgan fingerprint density at radius 3 is 2.32 bits per heavy atom. The van der Waals surface area contributed by atoms with E-state index in [1.54, 1.807) is 6.07 Å². The number of aromatic nitrogens is 2. The van der Waals surface area contributed by atoms with Gasteiger partial charge in [0.05, 0.1) is 5.56 Å². The van der Waals surface area contributed by atoms with Gasteiger partial charge in [0.25, 0.3) is 0 Å². The van der Waals surface area contributed by atoms with Crippen LogP contribution in [-0.4, -0.2) is 9.97 Å². The zero-order valence-electron chi connectivity index (χ0n) is 15.5. The molecule has 2 aromatic carbocycles. The molecule has 0 spiro atoms. The molecule has 1 aromatic heterocycles. The molecule has 28 heavy (non-hydrogen) atoms. The minimum atomic E-state index is -1.20. The fraction of sp³-hybridized carbons (Fsp3) is 0.227. The van der Waals surface area contributed by atoms with Gasteiger partial charge in [0.15, 0.2) is 17.4 Å². The Morgan fingerprint density at radius 1 is 0.964 bits per heavy atom. The Kier molecular flexibility index (Phi) is 6.28. The molecule has 0 radical (unpaired) electrons. The van der Waals surface area contributed by atoms with Crippen LogP contribution in [0.2, 0.25) is 0 Å². The lowest BCUT2D eigenvalue weighted by Gasteiger charge is -2.09. The van der Waals surface area contributed by atoms with Crippen LogP contribution in [0, 0.1) is 23.0 Å². The van der Waals surface area contributed by atoms with Crippen molar-refractivity contribution in [1.82, 2.24) is 9.97 Å². The third-order valence-electron chi connectivity index (χ3n) is 4.30. The van der Waals surface area contributed by atoms with Crippen molar-refractivity contribution in [3.63, 3.8) is 0 Å². The number of nitriles is 1. The second kappa shape index (κ2) is 9.05. The first-order chi connectivity index (χ1) is 13.6. The summed E-state index contributed by atoms with van der Waals surface area (Å²) < 4.78 is 32.9. The van der Waals surface area contributed by atoms with Crippen LogP contribution in [0.5, 0.6) is 5.75 Å². The van der Waals surface area contributed by atoms with Crippen molar-refractivity contribution >= 4 is 0 Å². The Balaban J connectivity index is 1.65. The minimum Gasteiger partial charge on any atom is -0.486 e. The van der Waals surface area contributed by atoms with Gasteiger partial charge in [-0.05, 0) is 36.1 Å². The van der Waals surface area contributed by atoms with Gasteiger partial charge in [-0.25, -0.2) is 14.4 Å². The number of aryl methyl sites for hydroxylation is 1. The normalized spacial score (nSPS) is 10.5. The number of benzene rings is 2. The third-order valence-corrected chi connectivity index (χ3v) is 4.30. The van der Waals surface area contributed by atoms with Crippen molar-refractivity contribution in [1.29, 1.82) is 5.26 Å². The average molecular weight is 379 g/mol. The molecule has 0 amide bonds. The second-order valence-corrected chi connectivity index (χ2v) is 6.36. The first kappa shape index (κ1) is 19.4. The zero-order valence-corrected chi connectivity index (χ0v) is 15.5. The molecule has 3 rings (SSSR count). The number of nitrogens with zero attached hydrogens (tertiary/aromatic N) is 3. The van der Waals surface area contributed by atoms with E-state index in [1.165, 1.54) is 12.1 Å². The number of halogens is 2. The van der Waals surface area contributed by atoms with Gasteiger partial charge in [-0.2, -0.15) is 9.65 Å². The number of unbranched alkanes of at least 4 members (excludes halogenated alkanes) is 1. The van der Waals surface area contributed by atoms with E-state index in [4.69, 9.17) is 10.00 Å². The maximum absolute atomic E-state index is 13.9. The van der Waals surface area contributed by atoms with E-state index >= 15 is 0 Å². The van der Waals surface area contributed by atoms with Crippen LogP contribution in [0.3, 0.4) is 0 Å². The Morgan fingerprint density at radius 2 is 1.68 bits per heavy atom. The number of ether oxygens (including phenoxy) is 1. The van der Waals surface area contributed by atoms with Crippen LogP contribution in [0.4, 0.5) is 8.78 Å². The van der Waals surface area contributed by atoms with Gasteiger partial charge in [-0.3, -0.25) is 0 Å². The molecule has 0 unspecified atom stereocenters. The summed E-state index contributed by atoms with van der Waals surface area (Å²) in [5, 5.41) is 8.71. The summed E-state index contributed by atoms with van der Waals surface area (Å²) in [6.45, 7) is 2.21. The fourth-order valence-electron chi connectivity index (χ4n) is 2.65. The third kappa shape index (κ3) is 4.49. The fourth-order valence-corrected chi connectivity index (χ4v) is 2.65. The Hall–Kier alpha value is -3.33. The monoisotopic (exact) mass is 379 g/mol. The summed E-state index contributed by atoms with van der Waals surface area (Å²) in [7, 11) is 0. The highest BCUT2D eigenvalue weighted by Gasteiger charge is 2.14. The molecule has 6 heteroatoms. The van der Waals surface area contributed by atoms with Crippen molar-refractivity contribution in [2.24, 2.45) is 0 Å². The first-order valence-corrected chi connectivity index (χ1v) is 9.03. The smallest absolute Gasteiger partial charge is 0.202 e. The summed E-state index contributed by atoms with van der Waals surface area (Å²) in [5.74, 6) is -1.96. The van der Waals surface area contributed by atoms with Crippen molar-refractivity contribution < 1.29 is 13.5 Å². The van der Waals surface area contributed by atoms with E-state index < -0.39 is 11.6 Å². The lowest BCUT2D eigenvalue weighted by atomic mass is 10.1. The summed E-state index contributed by atoms with van der Waals surface area (Å²) >= 11 is 0. The van der Waals surface area contributed by atoms with Crippen LogP contribution in [0.1, 0.15) is 36.5 Å². The highest BCUT2D eigenvalue weighted by molar-refractivity contribution is 5.55. The number of hydrogen-bond donors (Lipinski definition) is 0. The molecule has 4 nitrogen and oxygen atoms in total. The maximum Gasteiger partial charge on any atom is 0.202 e. The van der Waals surface area contributed by atoms with Gasteiger partial charge >= 0.3 is 0 Å². The molecule has 0 bridgehead atoms. The van der Waals surface area contributed by atoms with Gasteiger partial charge in [0.1, 0.15) is 12.7 Å². The zero-order chi connectivity index (χ0) is 19.9. The van der Waals surface area contributed by atoms with E-state index in [2.05, 4.69) is 16.9 Å². The van der Waals surface area contributed by atoms with E-state index in [0.29, 0.717) is 5.82 Å². The second-order valence-electron chi connectivity index (χ2n) is 6.36. The van der Waals surface area contributed by atoms with E-state index in [-0.39, 0.29) is 17.9 Å². The lowest BCUT2D eigenvalue weighted by molar-refractivity contribution is 0.284. The lowest BCUT2D eigenvalue weighted by Crippen LogP contribution is -2.00. The summed E-state index contributed by atoms with van der Waals surface area (Å²) in [5.41, 5.74) is 2.41. The molecule has 0 saturated heterocycles. The van der Waals surface area contributed by atoms with Gasteiger partial charge in [-0.15, -0.1) is 0 Å². The highest BCUT2D eigenvalue weighted by atomic mass is 19.2. The largest absolute Gasteiger partial charge is 0.486 e. The standard InChI is InChI=1S/C22H19F2N3O/c1-2-3-4-16-12-26-22(27-13-16)17-7-5-15(6-8-17)14-28-19-10-9-18(11-25)20(23)21(19)24/h5-10,12-13H,2-4,14H2,1H3. The summed E-state index contributed by atoms with van der Waals surface area (Å²) in [6, 6.07) is 11.4. The molecule has 0 N–H and O–H groups in total. The van der Waals surface area contributed by atoms with Crippen LogP contribution < -0.4 is 4.74 Å². The Labute approximate surface area is 162 Å². The van der Waals surface area contributed by atoms with E-state index in [0.717, 1.165) is 36.0 Å². The molecule has 0 fully saturated rings. The van der Waals surface area contributed by atoms with Crippen molar-refractivity contribution in [2.45, 2.75) is 32.8 Å². The average Bonchev–Trinajstić information content (AvgIpc) is 2.74. The van der Waals surface area contributed by atoms with E-state index in [1.807, 2.05) is 36.7 Å². The molecule has 0 aliphatic carbocycles. The Bertz CT molecular complexity index is 980. The van der Waals surface area contributed by atoms with Crippen LogP contribution in [0.15, 0.2) is 48.8 Å². The minimum absolute atomic E-state index is 0.0688. The van der Waals surface area contributed by atoms with E-state index in [9.17, 15) is 8.78 Å². The number of hydrogen-bond acceptors (Lipinski definition) is 4. The molecule has 3 aromatic rings. The topological polar surface area (TPSA) is 58.8 Å². The van der Waals surface area contributed by atoms with Crippen molar-refractivity contribution in [2.75, 3.05) is 0 Å². The molecule has 0 saturated carbocycles. The maximum atomic E-state index is 13.9. The van der Waals surface area contributed by atoms with Gasteiger partial charge < -0.3 is 4.74 Å². The summed E-state index contributed by atoms with van der Waals surface area (Å²) in [6.07, 6.45) is 6.90. The predicted molar refractivity (Wildman–Crippen MR) is 101 cm³/mol. The predicted octanol–water partition coefficient (Wildman–Crippen LogP) is 5.22. The quantitative estimate of drug-likeness (QED) is 0.565. The van der Waals surface area contributed by atoms with Gasteiger partial charge in [0, 0.05) is 18.0 Å². The molecular formula is C22H19F2N3O. The highest BCUT2D eigenvalue weighted by Crippen LogP contribution is 2.24. The van der Waals surface area contributed by atoms with Crippen LogP contribution in [0.25, 0.3) is 11.4 Å². The first-order valence-electron chi connectivity index (χ1n) is 9.03. The molecule has 0 aliphatic heterocycles. The van der Waals surface area contributed by atoms with Crippen LogP contribution >= 0.6 is 0 Å². The molecular weight excluding hydrogens is 360 g/mol. The van der Waals surface area contributed by atoms with Crippen molar-refractivity contribution in [3.8, 4) is 23.2 Å². The summed E-state index contributed by atoms with van der Waals surface area (Å²) in [4.78, 5) is 8.81. The molecule has 1 heterocycles.